The van der Waals surface area contributed by atoms with Crippen LogP contribution in [0.25, 0.3) is 12.2 Å². The van der Waals surface area contributed by atoms with Crippen molar-refractivity contribution in [3.8, 4) is 11.5 Å². The van der Waals surface area contributed by atoms with E-state index in [0.717, 1.165) is 11.1 Å². The average molecular weight is 1760 g/mol. The second-order valence-corrected chi connectivity index (χ2v) is 33.9. The van der Waals surface area contributed by atoms with E-state index in [1.54, 1.807) is 56.1 Å². The van der Waals surface area contributed by atoms with Gasteiger partial charge in [-0.1, -0.05) is 251 Å². The first-order valence-corrected chi connectivity index (χ1v) is 39.2. The molecule has 8 N–H and O–H groups in total. The van der Waals surface area contributed by atoms with Crippen LogP contribution in [-0.2, 0) is 74.9 Å². The van der Waals surface area contributed by atoms with Crippen molar-refractivity contribution in [2.75, 3.05) is 40.5 Å². The molecule has 0 radical (unpaired) electrons. The minimum Gasteiger partial charge on any atom is -0.495 e. The number of esters is 5. The van der Waals surface area contributed by atoms with Gasteiger partial charge in [-0.25, -0.2) is 19.2 Å². The molecule has 8 atom stereocenters. The molecule has 0 aromatic heterocycles. The summed E-state index contributed by atoms with van der Waals surface area (Å²) in [4.78, 5) is 102. The van der Waals surface area contributed by atoms with E-state index in [1.165, 1.54) is 32.4 Å². The van der Waals surface area contributed by atoms with Crippen LogP contribution in [0.15, 0.2) is 134 Å². The zero-order chi connectivity index (χ0) is 84.8. The van der Waals surface area contributed by atoms with Gasteiger partial charge >= 0.3 is 49.9 Å². The Morgan fingerprint density at radius 3 is 1.28 bits per heavy atom. The van der Waals surface area contributed by atoms with Gasteiger partial charge in [0.15, 0.2) is 12.2 Å². The maximum absolute atomic E-state index is 13.7. The molecule has 6 rings (SSSR count). The normalized spacial score (nSPS) is 15.4. The number of nitrogens with one attached hydrogen (secondary N) is 4. The Bertz CT molecular complexity index is 3780. The number of amides is 2. The van der Waals surface area contributed by atoms with Crippen molar-refractivity contribution in [1.82, 2.24) is 21.1 Å². The van der Waals surface area contributed by atoms with E-state index in [9.17, 15) is 48.5 Å². The predicted molar refractivity (Wildman–Crippen MR) is 445 cm³/mol. The molecule has 0 unspecified atom stereocenters. The summed E-state index contributed by atoms with van der Waals surface area (Å²) >= 11 is 46.8. The Morgan fingerprint density at radius 1 is 0.553 bits per heavy atom. The number of methoxy groups -OCH3 is 2. The van der Waals surface area contributed by atoms with Crippen LogP contribution in [0.1, 0.15) is 123 Å². The maximum Gasteiger partial charge on any atom is 0.373 e. The summed E-state index contributed by atoms with van der Waals surface area (Å²) in [6, 6.07) is 26.9. The Labute approximate surface area is 707 Å². The molecule has 2 aliphatic carbocycles. The van der Waals surface area contributed by atoms with Gasteiger partial charge in [0.05, 0.1) is 41.2 Å². The number of aliphatic carboxylic acids is 1. The first-order valence-electron chi connectivity index (χ1n) is 36.2. The number of aliphatic hydroxyl groups excluding tert-OH is 1. The lowest BCUT2D eigenvalue weighted by Gasteiger charge is -2.26. The van der Waals surface area contributed by atoms with Gasteiger partial charge in [-0.05, 0) is 129 Å². The monoisotopic (exact) mass is 1750 g/mol. The van der Waals surface area contributed by atoms with E-state index in [1.807, 2.05) is 127 Å². The third-order valence-electron chi connectivity index (χ3n) is 17.3. The summed E-state index contributed by atoms with van der Waals surface area (Å²) in [6.45, 7) is 14.0. The Kier molecular flexibility index (Phi) is 47.3. The number of hydrogen-bond acceptors (Lipinski definition) is 20. The molecular formula is C79H104B2Cl8F2N4O19. The van der Waals surface area contributed by atoms with Crippen LogP contribution in [0.5, 0.6) is 11.5 Å². The SMILES string of the molecule is C.CB(O)NCC1(C(=O)O[C@@H](CC(C)C)C(=O)O)CC1.COc1ccc(C[C@@H](NC(=O)/C=C/C[C@H](O)[C@H](C)/C=C/c2ccccc2)C(=O)OCC(Cl)(Cl)Cl)cc1Cl.COc1ccc(C[C@@H](NC(=O)/C=C/C[C@H](OC(=O)[C@H](CC(C)C)OC(=O)C2(CNB(C)O)CC2)[C@H](C)/C=C/c2ccccc2)C(=O)OCC(Cl)(Cl)Cl)cc1Cl.FF. The number of benzene rings is 4. The van der Waals surface area contributed by atoms with Crippen LogP contribution >= 0.6 is 92.8 Å². The van der Waals surface area contributed by atoms with E-state index >= 15 is 0 Å². The largest absolute Gasteiger partial charge is 0.495 e. The molecule has 0 bridgehead atoms. The number of carbonyl (C=O) groups is 8. The third kappa shape index (κ3) is 40.9. The minimum atomic E-state index is -1.87. The summed E-state index contributed by atoms with van der Waals surface area (Å²) in [5.74, 6) is -5.07. The Morgan fingerprint density at radius 2 is 0.930 bits per heavy atom. The van der Waals surface area contributed by atoms with Crippen molar-refractivity contribution >= 4 is 167 Å². The van der Waals surface area contributed by atoms with E-state index in [4.69, 9.17) is 145 Å². The van der Waals surface area contributed by atoms with Crippen LogP contribution in [0.3, 0.4) is 0 Å². The van der Waals surface area contributed by atoms with Gasteiger partial charge in [-0.2, -0.15) is 0 Å². The smallest absolute Gasteiger partial charge is 0.373 e. The van der Waals surface area contributed by atoms with Gasteiger partial charge in [-0.15, -0.1) is 0 Å². The zero-order valence-electron chi connectivity index (χ0n) is 64.4. The average Bonchev–Trinajstić information content (AvgIpc) is 1.64. The molecule has 4 aromatic carbocycles. The van der Waals surface area contributed by atoms with E-state index in [2.05, 4.69) is 21.1 Å². The topological polar surface area (TPSA) is 330 Å². The second-order valence-electron chi connectivity index (χ2n) is 28.1. The summed E-state index contributed by atoms with van der Waals surface area (Å²) in [6.07, 6.45) is 12.9. The Hall–Kier alpha value is -6.69. The van der Waals surface area contributed by atoms with Crippen LogP contribution < -0.4 is 30.6 Å². The van der Waals surface area contributed by atoms with Gasteiger partial charge in [0.2, 0.25) is 19.4 Å². The highest BCUT2D eigenvalue weighted by Crippen LogP contribution is 2.48. The lowest BCUT2D eigenvalue weighted by Crippen LogP contribution is -2.43. The summed E-state index contributed by atoms with van der Waals surface area (Å²) < 4.78 is 49.9. The highest BCUT2D eigenvalue weighted by Gasteiger charge is 2.53. The number of aliphatic hydroxyl groups is 1. The number of carboxylic acids is 1. The van der Waals surface area contributed by atoms with Crippen LogP contribution in [0.2, 0.25) is 23.7 Å². The molecule has 35 heteroatoms. The summed E-state index contributed by atoms with van der Waals surface area (Å²) in [5, 5.41) is 49.8. The molecular weight excluding hydrogens is 1650 g/mol. The van der Waals surface area contributed by atoms with Gasteiger partial charge < -0.3 is 74.5 Å². The fraction of sp³-hybridized carbons (Fsp3) is 0.494. The first kappa shape index (κ1) is 103. The van der Waals surface area contributed by atoms with Gasteiger partial charge in [0.25, 0.3) is 0 Å². The molecule has 2 saturated carbocycles. The number of halogens is 10. The molecule has 0 heterocycles. The second kappa shape index (κ2) is 52.2. The summed E-state index contributed by atoms with van der Waals surface area (Å²) in [5.41, 5.74) is 1.76. The maximum atomic E-state index is 13.7. The van der Waals surface area contributed by atoms with Crippen molar-refractivity contribution in [2.45, 2.75) is 171 Å². The molecule has 2 fully saturated rings. The summed E-state index contributed by atoms with van der Waals surface area (Å²) in [7, 11) is 1.46. The zero-order valence-corrected chi connectivity index (χ0v) is 70.4. The number of rotatable bonds is 41. The molecule has 2 aliphatic rings. The molecule has 23 nitrogen and oxygen atoms in total. The molecule has 2 amide bonds. The van der Waals surface area contributed by atoms with Crippen molar-refractivity contribution in [3.63, 3.8) is 0 Å². The number of alkyl halides is 6. The van der Waals surface area contributed by atoms with Crippen molar-refractivity contribution < 1.29 is 101 Å². The molecule has 0 spiro atoms. The Balaban J connectivity index is 0.000000640. The van der Waals surface area contributed by atoms with Crippen molar-refractivity contribution in [2.24, 2.45) is 34.5 Å². The fourth-order valence-corrected chi connectivity index (χ4v) is 11.4. The highest BCUT2D eigenvalue weighted by molar-refractivity contribution is 6.68. The number of carboxylic acid groups (broad SMARTS) is 1. The number of ether oxygens (including phenoxy) is 7. The number of carbonyl (C=O) groups excluding carboxylic acids is 7. The van der Waals surface area contributed by atoms with E-state index in [-0.39, 0.29) is 69.7 Å². The molecule has 0 aliphatic heterocycles. The standard InChI is InChI=1S/C39H49BCl4N2O9.C27H29Cl4NO5.C12H22BNO5.CH4.F2/c1-25(2)20-33(55-37(50)38(18-19-38)23-45-40(4)51)36(49)54-31(26(3)14-15-27-10-7-6-8-11-27)12-9-13-34(47)46-30(35(48)53-24-39(42,43)44)22-28-16-17-32(52-5)29(41)21-28;1-18(11-12-19-7-4-3-5-8-19)23(33)9-6-10-25(34)32-22(26(35)37-17-27(29,30)31)16-20-13-14-24(36-2)21(28)15-20;1-8(2)6-9(10(15)16)19-11(17)12(4-5-12)7-14-13(3)18;;1-2/h6-11,13-17,21,25-26,30-31,33,45,51H,12,18-20,22-24H2,1-5H3,(H,46,47);3-8,10-15,18,22-23,33H,9,16-17H2,1-2H3,(H,32,34);8-9,14,18H,4-7H2,1-3H3,(H,15,16);1H4;/b13-9+,15-14+;10-6+,12-11+;;;/t26-,30-,31+,33+;18-,22-,23+;9-;;/m110../s1. The first-order chi connectivity index (χ1) is 53.2. The third-order valence-corrected chi connectivity index (χ3v) is 18.5. The van der Waals surface area contributed by atoms with Gasteiger partial charge in [-0.3, -0.25) is 19.2 Å². The quantitative estimate of drug-likeness (QED) is 0.00673. The van der Waals surface area contributed by atoms with Gasteiger partial charge in [0.1, 0.15) is 42.9 Å². The molecule has 4 aromatic rings. The predicted octanol–water partition coefficient (Wildman–Crippen LogP) is 14.9. The van der Waals surface area contributed by atoms with Crippen LogP contribution in [0.4, 0.5) is 9.15 Å². The van der Waals surface area contributed by atoms with Crippen LogP contribution in [0, 0.1) is 34.5 Å². The minimum absolute atomic E-state index is 0. The van der Waals surface area contributed by atoms with E-state index in [0.29, 0.717) is 71.3 Å². The van der Waals surface area contributed by atoms with Crippen molar-refractivity contribution in [3.05, 3.63) is 166 Å². The fourth-order valence-electron chi connectivity index (χ4n) is 10.5. The molecule has 114 heavy (non-hydrogen) atoms. The molecule has 0 saturated heterocycles. The number of hydrogen-bond donors (Lipinski definition) is 8. The van der Waals surface area contributed by atoms with Gasteiger partial charge in [0, 0.05) is 53.3 Å². The van der Waals surface area contributed by atoms with Crippen molar-refractivity contribution in [1.29, 1.82) is 0 Å². The highest BCUT2D eigenvalue weighted by atomic mass is 35.6. The van der Waals surface area contributed by atoms with E-state index < -0.39 is 130 Å². The lowest BCUT2D eigenvalue weighted by atomic mass is 9.87. The molecule has 630 valence electrons. The lowest BCUT2D eigenvalue weighted by molar-refractivity contribution is -0.176. The van der Waals surface area contributed by atoms with Crippen LogP contribution in [-0.4, -0.2) is 167 Å².